The molecule has 0 saturated heterocycles. The maximum Gasteiger partial charge on any atom is 0.229 e. The summed E-state index contributed by atoms with van der Waals surface area (Å²) in [6.45, 7) is 0.531. The predicted molar refractivity (Wildman–Crippen MR) is 65.0 cm³/mol. The van der Waals surface area contributed by atoms with Crippen molar-refractivity contribution in [2.45, 2.75) is 6.54 Å². The molecule has 0 unspecified atom stereocenters. The van der Waals surface area contributed by atoms with E-state index in [1.807, 2.05) is 12.1 Å². The molecule has 0 bridgehead atoms. The van der Waals surface area contributed by atoms with Gasteiger partial charge in [-0.3, -0.25) is 0 Å². The van der Waals surface area contributed by atoms with Gasteiger partial charge < -0.3 is 20.4 Å². The first-order valence-corrected chi connectivity index (χ1v) is 5.19. The van der Waals surface area contributed by atoms with E-state index in [-0.39, 0.29) is 0 Å². The normalized spacial score (nSPS) is 10.0. The van der Waals surface area contributed by atoms with Gasteiger partial charge in [0, 0.05) is 14.1 Å². The maximum atomic E-state index is 5.20. The van der Waals surface area contributed by atoms with Crippen molar-refractivity contribution in [3.05, 3.63) is 24.2 Å². The summed E-state index contributed by atoms with van der Waals surface area (Å²) in [6, 6.07) is 3.72. The SMILES string of the molecule is CNc1nc(NC)nc(NCc2ccco2)n1. The molecule has 0 saturated carbocycles. The van der Waals surface area contributed by atoms with E-state index < -0.39 is 0 Å². The molecular weight excluding hydrogens is 220 g/mol. The van der Waals surface area contributed by atoms with Crippen LogP contribution in [-0.2, 0) is 6.54 Å². The highest BCUT2D eigenvalue weighted by molar-refractivity contribution is 5.41. The number of furan rings is 1. The zero-order valence-electron chi connectivity index (χ0n) is 9.69. The van der Waals surface area contributed by atoms with E-state index in [2.05, 4.69) is 30.9 Å². The number of rotatable bonds is 5. The van der Waals surface area contributed by atoms with E-state index in [4.69, 9.17) is 4.42 Å². The van der Waals surface area contributed by atoms with Gasteiger partial charge >= 0.3 is 0 Å². The molecule has 0 atom stereocenters. The van der Waals surface area contributed by atoms with Gasteiger partial charge in [-0.2, -0.15) is 15.0 Å². The molecular formula is C10H14N6O. The Morgan fingerprint density at radius 1 is 1.06 bits per heavy atom. The monoisotopic (exact) mass is 234 g/mol. The van der Waals surface area contributed by atoms with Gasteiger partial charge in [-0.05, 0) is 12.1 Å². The van der Waals surface area contributed by atoms with Crippen molar-refractivity contribution in [3.63, 3.8) is 0 Å². The van der Waals surface area contributed by atoms with Crippen LogP contribution < -0.4 is 16.0 Å². The second-order valence-corrected chi connectivity index (χ2v) is 3.24. The highest BCUT2D eigenvalue weighted by Crippen LogP contribution is 2.09. The van der Waals surface area contributed by atoms with Crippen LogP contribution in [0.25, 0.3) is 0 Å². The van der Waals surface area contributed by atoms with Crippen LogP contribution in [0.1, 0.15) is 5.76 Å². The van der Waals surface area contributed by atoms with Crippen LogP contribution in [-0.4, -0.2) is 29.0 Å². The highest BCUT2D eigenvalue weighted by atomic mass is 16.3. The molecule has 3 N–H and O–H groups in total. The number of aromatic nitrogens is 3. The summed E-state index contributed by atoms with van der Waals surface area (Å²) in [5, 5.41) is 8.80. The quantitative estimate of drug-likeness (QED) is 0.715. The molecule has 2 aromatic rings. The lowest BCUT2D eigenvalue weighted by Crippen LogP contribution is -2.09. The fraction of sp³-hybridized carbons (Fsp3) is 0.300. The lowest BCUT2D eigenvalue weighted by molar-refractivity contribution is 0.517. The fourth-order valence-electron chi connectivity index (χ4n) is 1.26. The summed E-state index contributed by atoms with van der Waals surface area (Å²) in [7, 11) is 3.51. The van der Waals surface area contributed by atoms with Crippen LogP contribution in [0, 0.1) is 0 Å². The zero-order chi connectivity index (χ0) is 12.1. The number of nitrogens with one attached hydrogen (secondary N) is 3. The van der Waals surface area contributed by atoms with E-state index in [0.29, 0.717) is 24.4 Å². The summed E-state index contributed by atoms with van der Waals surface area (Å²) in [5.41, 5.74) is 0. The largest absolute Gasteiger partial charge is 0.467 e. The molecule has 2 heterocycles. The van der Waals surface area contributed by atoms with E-state index >= 15 is 0 Å². The van der Waals surface area contributed by atoms with Gasteiger partial charge in [0.15, 0.2) is 0 Å². The Labute approximate surface area is 98.7 Å². The number of hydrogen-bond donors (Lipinski definition) is 3. The van der Waals surface area contributed by atoms with Crippen LogP contribution in [0.2, 0.25) is 0 Å². The van der Waals surface area contributed by atoms with Gasteiger partial charge in [-0.1, -0.05) is 0 Å². The highest BCUT2D eigenvalue weighted by Gasteiger charge is 2.04. The summed E-state index contributed by atoms with van der Waals surface area (Å²) in [5.74, 6) is 2.32. The standard InChI is InChI=1S/C10H14N6O/c1-11-8-14-9(12-2)16-10(15-8)13-6-7-4-3-5-17-7/h3-5H,6H2,1-2H3,(H3,11,12,13,14,15,16). The van der Waals surface area contributed by atoms with Crippen LogP contribution in [0.4, 0.5) is 17.8 Å². The smallest absolute Gasteiger partial charge is 0.229 e. The van der Waals surface area contributed by atoms with Crippen molar-refractivity contribution in [2.24, 2.45) is 0 Å². The Kier molecular flexibility index (Phi) is 3.39. The van der Waals surface area contributed by atoms with Crippen molar-refractivity contribution >= 4 is 17.8 Å². The second-order valence-electron chi connectivity index (χ2n) is 3.24. The molecule has 17 heavy (non-hydrogen) atoms. The predicted octanol–water partition coefficient (Wildman–Crippen LogP) is 1.16. The first-order valence-electron chi connectivity index (χ1n) is 5.19. The molecule has 0 aliphatic heterocycles. The molecule has 0 amide bonds. The number of anilines is 3. The molecule has 0 aliphatic carbocycles. The van der Waals surface area contributed by atoms with E-state index in [1.165, 1.54) is 0 Å². The number of nitrogens with zero attached hydrogens (tertiary/aromatic N) is 3. The average Bonchev–Trinajstić information content (AvgIpc) is 2.89. The van der Waals surface area contributed by atoms with Crippen molar-refractivity contribution < 1.29 is 4.42 Å². The van der Waals surface area contributed by atoms with E-state index in [0.717, 1.165) is 5.76 Å². The van der Waals surface area contributed by atoms with Crippen molar-refractivity contribution in [2.75, 3.05) is 30.0 Å². The molecule has 0 spiro atoms. The lowest BCUT2D eigenvalue weighted by atomic mass is 10.4. The average molecular weight is 234 g/mol. The Balaban J connectivity index is 2.09. The molecule has 90 valence electrons. The van der Waals surface area contributed by atoms with Crippen molar-refractivity contribution in [1.29, 1.82) is 0 Å². The minimum absolute atomic E-state index is 0.491. The Bertz CT molecular complexity index is 447. The third kappa shape index (κ3) is 2.83. The summed E-state index contributed by atoms with van der Waals surface area (Å²) in [6.07, 6.45) is 1.63. The van der Waals surface area contributed by atoms with Gasteiger partial charge in [-0.25, -0.2) is 0 Å². The minimum Gasteiger partial charge on any atom is -0.467 e. The third-order valence-corrected chi connectivity index (χ3v) is 2.08. The topological polar surface area (TPSA) is 87.9 Å². The van der Waals surface area contributed by atoms with Crippen LogP contribution >= 0.6 is 0 Å². The van der Waals surface area contributed by atoms with Crippen LogP contribution in [0.3, 0.4) is 0 Å². The molecule has 0 fully saturated rings. The Morgan fingerprint density at radius 3 is 2.24 bits per heavy atom. The number of hydrogen-bond acceptors (Lipinski definition) is 7. The van der Waals surface area contributed by atoms with Crippen LogP contribution in [0.15, 0.2) is 22.8 Å². The van der Waals surface area contributed by atoms with Crippen molar-refractivity contribution in [1.82, 2.24) is 15.0 Å². The summed E-state index contributed by atoms with van der Waals surface area (Å²) >= 11 is 0. The molecule has 7 nitrogen and oxygen atoms in total. The Morgan fingerprint density at radius 2 is 1.71 bits per heavy atom. The summed E-state index contributed by atoms with van der Waals surface area (Å²) in [4.78, 5) is 12.5. The molecule has 2 aromatic heterocycles. The van der Waals surface area contributed by atoms with E-state index in [9.17, 15) is 0 Å². The van der Waals surface area contributed by atoms with E-state index in [1.54, 1.807) is 20.4 Å². The zero-order valence-corrected chi connectivity index (χ0v) is 9.69. The first-order chi connectivity index (χ1) is 8.31. The minimum atomic E-state index is 0.491. The molecule has 2 rings (SSSR count). The second kappa shape index (κ2) is 5.15. The maximum absolute atomic E-state index is 5.20. The third-order valence-electron chi connectivity index (χ3n) is 2.08. The van der Waals surface area contributed by atoms with Gasteiger partial charge in [0.1, 0.15) is 5.76 Å². The summed E-state index contributed by atoms with van der Waals surface area (Å²) < 4.78 is 5.20. The fourth-order valence-corrected chi connectivity index (χ4v) is 1.26. The van der Waals surface area contributed by atoms with Gasteiger partial charge in [0.25, 0.3) is 0 Å². The first kappa shape index (κ1) is 11.2. The van der Waals surface area contributed by atoms with Gasteiger partial charge in [0.2, 0.25) is 17.8 Å². The molecule has 7 heteroatoms. The lowest BCUT2D eigenvalue weighted by Gasteiger charge is -2.06. The van der Waals surface area contributed by atoms with Gasteiger partial charge in [-0.15, -0.1) is 0 Å². The Hall–Kier alpha value is -2.31. The van der Waals surface area contributed by atoms with Crippen molar-refractivity contribution in [3.8, 4) is 0 Å². The van der Waals surface area contributed by atoms with Crippen LogP contribution in [0.5, 0.6) is 0 Å². The molecule has 0 aromatic carbocycles. The van der Waals surface area contributed by atoms with Gasteiger partial charge in [0.05, 0.1) is 12.8 Å². The molecule has 0 aliphatic rings. The molecule has 0 radical (unpaired) electrons.